The van der Waals surface area contributed by atoms with Crippen LogP contribution in [0.2, 0.25) is 0 Å². The van der Waals surface area contributed by atoms with Gasteiger partial charge >= 0.3 is 0 Å². The van der Waals surface area contributed by atoms with Crippen LogP contribution in [0.25, 0.3) is 11.1 Å². The van der Waals surface area contributed by atoms with Crippen molar-refractivity contribution in [3.8, 4) is 11.1 Å². The molecule has 0 unspecified atom stereocenters. The Morgan fingerprint density at radius 1 is 0.457 bits per heavy atom. The van der Waals surface area contributed by atoms with E-state index in [0.29, 0.717) is 0 Å². The lowest BCUT2D eigenvalue weighted by atomic mass is 9.34. The molecule has 0 N–H and O–H groups in total. The highest BCUT2D eigenvalue weighted by molar-refractivity contribution is 6.99. The molecule has 364 valence electrons. The Bertz CT molecular complexity index is 3140. The fraction of sp³-hybridized carbons (Fsp3) is 0.485. The number of furan rings is 1. The molecule has 70 heavy (non-hydrogen) atoms. The predicted molar refractivity (Wildman–Crippen MR) is 301 cm³/mol. The lowest BCUT2D eigenvalue weighted by molar-refractivity contribution is 0.282. The van der Waals surface area contributed by atoms with Crippen LogP contribution in [0.3, 0.4) is 0 Å². The summed E-state index contributed by atoms with van der Waals surface area (Å²) >= 11 is 0. The zero-order chi connectivity index (χ0) is 50.3. The maximum absolute atomic E-state index is 7.89. The zero-order valence-electron chi connectivity index (χ0n) is 46.3. The molecular formula is C66H81BN2O. The fourth-order valence-electron chi connectivity index (χ4n) is 13.6. The van der Waals surface area contributed by atoms with E-state index in [0.717, 1.165) is 31.3 Å². The first-order valence-corrected chi connectivity index (χ1v) is 26.9. The highest BCUT2D eigenvalue weighted by Crippen LogP contribution is 2.58. The molecule has 1 aromatic heterocycles. The SMILES string of the molecule is CC(C)(C)c1ccc(N2c3cc4c(cc3B3c5oc6c(c5N(c5ccc7c(c5)C(C)(C)CCC7(C)C)c5cc(C(C)(C)C)cc2c53)C(C)(C)CCC6(C)C)C(C)(C)CCC4(C)C)c(-c2ccccc2)c1. The summed E-state index contributed by atoms with van der Waals surface area (Å²) in [6.45, 7) is 43.8. The van der Waals surface area contributed by atoms with Crippen LogP contribution in [0, 0.1) is 0 Å². The topological polar surface area (TPSA) is 19.6 Å². The summed E-state index contributed by atoms with van der Waals surface area (Å²) in [6.07, 6.45) is 6.87. The number of benzene rings is 5. The van der Waals surface area contributed by atoms with Crippen LogP contribution in [0.1, 0.15) is 208 Å². The van der Waals surface area contributed by atoms with E-state index in [1.165, 1.54) is 114 Å². The molecule has 11 rings (SSSR count). The average molecular weight is 929 g/mol. The minimum absolute atomic E-state index is 0.0176. The van der Waals surface area contributed by atoms with Crippen molar-refractivity contribution < 1.29 is 4.42 Å². The second kappa shape index (κ2) is 14.8. The van der Waals surface area contributed by atoms with Crippen LogP contribution in [0.15, 0.2) is 95.4 Å². The molecule has 6 aromatic rings. The van der Waals surface area contributed by atoms with Gasteiger partial charge in [0.05, 0.1) is 17.0 Å². The van der Waals surface area contributed by atoms with Gasteiger partial charge in [-0.25, -0.2) is 0 Å². The van der Waals surface area contributed by atoms with Gasteiger partial charge in [-0.2, -0.15) is 0 Å². The van der Waals surface area contributed by atoms with Gasteiger partial charge in [0.2, 0.25) is 0 Å². The van der Waals surface area contributed by atoms with Crippen LogP contribution in [0.5, 0.6) is 0 Å². The lowest BCUT2D eigenvalue weighted by Gasteiger charge is -2.48. The zero-order valence-corrected chi connectivity index (χ0v) is 46.3. The van der Waals surface area contributed by atoms with Crippen molar-refractivity contribution in [2.24, 2.45) is 0 Å². The number of hydrogen-bond donors (Lipinski definition) is 0. The predicted octanol–water partition coefficient (Wildman–Crippen LogP) is 16.7. The third-order valence-corrected chi connectivity index (χ3v) is 18.7. The van der Waals surface area contributed by atoms with Gasteiger partial charge < -0.3 is 14.2 Å². The Labute approximate surface area is 423 Å². The number of rotatable bonds is 3. The first kappa shape index (κ1) is 47.4. The van der Waals surface area contributed by atoms with Crippen molar-refractivity contribution in [2.45, 2.75) is 206 Å². The molecule has 0 fully saturated rings. The summed E-state index contributed by atoms with van der Waals surface area (Å²) in [5, 5.41) is 0. The van der Waals surface area contributed by atoms with Gasteiger partial charge in [0.15, 0.2) is 0 Å². The van der Waals surface area contributed by atoms with Gasteiger partial charge in [-0.1, -0.05) is 173 Å². The standard InChI is InChI=1S/C66H81BN2O/c1-59(2,3)41-24-27-50(44(34-41)40-22-20-19-21-23-40)69-51-39-48-47(63(11,12)30-31-64(48,13)14)38-49(51)67-55-52(35-42(36-53(55)69)60(4,5)6)68(43-25-26-45-46(37-43)62(9,10)29-28-61(45,7)8)56-54-57(70-58(56)67)66(17,18)33-32-65(54,15)16/h19-27,34-39H,28-33H2,1-18H3. The maximum Gasteiger partial charge on any atom is 0.297 e. The summed E-state index contributed by atoms with van der Waals surface area (Å²) in [7, 11) is 0. The Balaban J connectivity index is 1.33. The van der Waals surface area contributed by atoms with Crippen molar-refractivity contribution in [3.63, 3.8) is 0 Å². The van der Waals surface area contributed by atoms with Crippen LogP contribution in [0.4, 0.5) is 34.1 Å². The van der Waals surface area contributed by atoms with Crippen LogP contribution in [-0.2, 0) is 43.3 Å². The van der Waals surface area contributed by atoms with E-state index >= 15 is 0 Å². The first-order chi connectivity index (χ1) is 32.4. The van der Waals surface area contributed by atoms with Crippen molar-refractivity contribution in [1.82, 2.24) is 0 Å². The van der Waals surface area contributed by atoms with Crippen LogP contribution >= 0.6 is 0 Å². The molecule has 2 aliphatic heterocycles. The van der Waals surface area contributed by atoms with Crippen molar-refractivity contribution in [3.05, 3.63) is 136 Å². The molecule has 0 bridgehead atoms. The second-order valence-electron chi connectivity index (χ2n) is 28.6. The quantitative estimate of drug-likeness (QED) is 0.165. The van der Waals surface area contributed by atoms with Crippen LogP contribution < -0.4 is 26.4 Å². The molecule has 3 heterocycles. The minimum Gasteiger partial charge on any atom is -0.472 e. The molecule has 3 aliphatic carbocycles. The average Bonchev–Trinajstić information content (AvgIpc) is 3.70. The molecule has 0 saturated heterocycles. The molecule has 0 spiro atoms. The van der Waals surface area contributed by atoms with Crippen molar-refractivity contribution in [1.29, 1.82) is 0 Å². The van der Waals surface area contributed by atoms with Gasteiger partial charge in [0.1, 0.15) is 5.76 Å². The molecule has 4 heteroatoms. The Kier molecular flexibility index (Phi) is 10.0. The van der Waals surface area contributed by atoms with E-state index in [2.05, 4.69) is 225 Å². The summed E-state index contributed by atoms with van der Waals surface area (Å²) in [5.74, 6) is 1.18. The summed E-state index contributed by atoms with van der Waals surface area (Å²) < 4.78 is 7.89. The normalized spacial score (nSPS) is 20.7. The Hall–Kier alpha value is -4.96. The van der Waals surface area contributed by atoms with Crippen molar-refractivity contribution in [2.75, 3.05) is 9.80 Å². The van der Waals surface area contributed by atoms with E-state index in [9.17, 15) is 0 Å². The van der Waals surface area contributed by atoms with E-state index in [1.807, 2.05) is 0 Å². The molecule has 0 amide bonds. The highest BCUT2D eigenvalue weighted by Gasteiger charge is 2.54. The molecule has 0 radical (unpaired) electrons. The van der Waals surface area contributed by atoms with Gasteiger partial charge in [-0.3, -0.25) is 0 Å². The van der Waals surface area contributed by atoms with E-state index in [1.54, 1.807) is 0 Å². The smallest absolute Gasteiger partial charge is 0.297 e. The number of hydrogen-bond acceptors (Lipinski definition) is 3. The summed E-state index contributed by atoms with van der Waals surface area (Å²) in [5.41, 5.74) is 23.7. The van der Waals surface area contributed by atoms with E-state index < -0.39 is 0 Å². The van der Waals surface area contributed by atoms with E-state index in [4.69, 9.17) is 4.42 Å². The second-order valence-corrected chi connectivity index (χ2v) is 28.6. The molecular weight excluding hydrogens is 848 g/mol. The van der Waals surface area contributed by atoms with E-state index in [-0.39, 0.29) is 50.0 Å². The molecule has 5 aliphatic rings. The van der Waals surface area contributed by atoms with Gasteiger partial charge in [-0.05, 0) is 169 Å². The summed E-state index contributed by atoms with van der Waals surface area (Å²) in [6, 6.07) is 36.6. The summed E-state index contributed by atoms with van der Waals surface area (Å²) in [4.78, 5) is 5.43. The van der Waals surface area contributed by atoms with Gasteiger partial charge in [0.25, 0.3) is 6.71 Å². The van der Waals surface area contributed by atoms with Crippen molar-refractivity contribution >= 4 is 57.4 Å². The number of nitrogens with zero attached hydrogens (tertiary/aromatic N) is 2. The van der Waals surface area contributed by atoms with Gasteiger partial charge in [0, 0.05) is 39.3 Å². The van der Waals surface area contributed by atoms with Gasteiger partial charge in [-0.15, -0.1) is 0 Å². The monoisotopic (exact) mass is 929 g/mol. The lowest BCUT2D eigenvalue weighted by Crippen LogP contribution is -2.61. The molecule has 5 aromatic carbocycles. The Morgan fingerprint density at radius 2 is 0.986 bits per heavy atom. The first-order valence-electron chi connectivity index (χ1n) is 26.9. The third-order valence-electron chi connectivity index (χ3n) is 18.7. The molecule has 3 nitrogen and oxygen atoms in total. The maximum atomic E-state index is 7.89. The molecule has 0 saturated carbocycles. The number of fused-ring (bicyclic) bond motifs is 8. The molecule has 0 atom stereocenters. The number of anilines is 6. The van der Waals surface area contributed by atoms with Crippen LogP contribution in [-0.4, -0.2) is 6.71 Å². The fourth-order valence-corrected chi connectivity index (χ4v) is 13.6. The largest absolute Gasteiger partial charge is 0.472 e. The third kappa shape index (κ3) is 7.01. The minimum atomic E-state index is -0.141. The highest BCUT2D eigenvalue weighted by atomic mass is 16.3. The Morgan fingerprint density at radius 3 is 1.59 bits per heavy atom.